The lowest BCUT2D eigenvalue weighted by atomic mass is 10.2. The van der Waals surface area contributed by atoms with Gasteiger partial charge in [0, 0.05) is 19.3 Å². The van der Waals surface area contributed by atoms with Gasteiger partial charge in [0.05, 0.1) is 0 Å². The average molecular weight is 260 g/mol. The fourth-order valence-corrected chi connectivity index (χ4v) is 2.93. The molecule has 2 N–H and O–H groups in total. The zero-order valence-electron chi connectivity index (χ0n) is 10.1. The number of halogens is 1. The molecule has 96 valence electrons. The van der Waals surface area contributed by atoms with E-state index >= 15 is 0 Å². The molecule has 0 radical (unpaired) electrons. The summed E-state index contributed by atoms with van der Waals surface area (Å²) in [6.45, 7) is 4.11. The van der Waals surface area contributed by atoms with Crippen molar-refractivity contribution in [2.24, 2.45) is 5.92 Å². The van der Waals surface area contributed by atoms with E-state index in [1.165, 1.54) is 13.1 Å². The third kappa shape index (κ3) is 3.17. The van der Waals surface area contributed by atoms with Crippen molar-refractivity contribution < 1.29 is 12.8 Å². The van der Waals surface area contributed by atoms with Crippen molar-refractivity contribution in [3.8, 4) is 0 Å². The van der Waals surface area contributed by atoms with Crippen LogP contribution in [0.3, 0.4) is 0 Å². The molecule has 0 amide bonds. The summed E-state index contributed by atoms with van der Waals surface area (Å²) in [5.74, 6) is -0.617. The molecule has 0 atom stereocenters. The number of rotatable bonds is 4. The SMILES string of the molecule is CC(C)CN(C)S(=O)(=O)c1cc(N)ccc1F. The Hall–Kier alpha value is -1.14. The Morgan fingerprint density at radius 3 is 2.53 bits per heavy atom. The Morgan fingerprint density at radius 1 is 1.41 bits per heavy atom. The standard InChI is InChI=1S/C11H17FN2O2S/c1-8(2)7-14(3)17(15,16)11-6-9(13)4-5-10(11)12/h4-6,8H,7,13H2,1-3H3. The normalized spacial score (nSPS) is 12.4. The van der Waals surface area contributed by atoms with Gasteiger partial charge in [-0.15, -0.1) is 0 Å². The molecule has 0 aromatic heterocycles. The van der Waals surface area contributed by atoms with Crippen molar-refractivity contribution in [2.45, 2.75) is 18.7 Å². The van der Waals surface area contributed by atoms with Gasteiger partial charge < -0.3 is 5.73 Å². The summed E-state index contributed by atoms with van der Waals surface area (Å²) >= 11 is 0. The van der Waals surface area contributed by atoms with E-state index in [4.69, 9.17) is 5.73 Å². The Balaban J connectivity index is 3.17. The highest BCUT2D eigenvalue weighted by Gasteiger charge is 2.25. The maximum atomic E-state index is 13.5. The molecule has 0 bridgehead atoms. The molecule has 0 fully saturated rings. The van der Waals surface area contributed by atoms with Gasteiger partial charge in [-0.1, -0.05) is 13.8 Å². The van der Waals surface area contributed by atoms with Crippen LogP contribution in [0.5, 0.6) is 0 Å². The second-order valence-corrected chi connectivity index (χ2v) is 6.38. The highest BCUT2D eigenvalue weighted by Crippen LogP contribution is 2.21. The molecular weight excluding hydrogens is 243 g/mol. The third-order valence-corrected chi connectivity index (χ3v) is 4.10. The van der Waals surface area contributed by atoms with Gasteiger partial charge in [-0.2, -0.15) is 0 Å². The Morgan fingerprint density at radius 2 is 2.00 bits per heavy atom. The van der Waals surface area contributed by atoms with Gasteiger partial charge in [0.2, 0.25) is 10.0 Å². The second-order valence-electron chi connectivity index (χ2n) is 4.37. The smallest absolute Gasteiger partial charge is 0.245 e. The maximum Gasteiger partial charge on any atom is 0.245 e. The molecular formula is C11H17FN2O2S. The van der Waals surface area contributed by atoms with Crippen LogP contribution in [0.1, 0.15) is 13.8 Å². The Bertz CT molecular complexity index is 500. The van der Waals surface area contributed by atoms with E-state index in [1.54, 1.807) is 0 Å². The fraction of sp³-hybridized carbons (Fsp3) is 0.455. The molecule has 0 unspecified atom stereocenters. The zero-order chi connectivity index (χ0) is 13.2. The first-order chi connectivity index (χ1) is 7.75. The average Bonchev–Trinajstić information content (AvgIpc) is 2.20. The van der Waals surface area contributed by atoms with Crippen LogP contribution >= 0.6 is 0 Å². The topological polar surface area (TPSA) is 63.4 Å². The lowest BCUT2D eigenvalue weighted by Crippen LogP contribution is -2.31. The van der Waals surface area contributed by atoms with E-state index in [0.29, 0.717) is 6.54 Å². The minimum absolute atomic E-state index is 0.166. The Kier molecular flexibility index (Phi) is 4.11. The van der Waals surface area contributed by atoms with Crippen LogP contribution in [0.15, 0.2) is 23.1 Å². The van der Waals surface area contributed by atoms with Crippen LogP contribution in [-0.2, 0) is 10.0 Å². The Labute approximate surface area is 101 Å². The van der Waals surface area contributed by atoms with Gasteiger partial charge in [-0.05, 0) is 24.1 Å². The number of sulfonamides is 1. The number of hydrogen-bond donors (Lipinski definition) is 1. The second kappa shape index (κ2) is 5.01. The van der Waals surface area contributed by atoms with E-state index in [1.807, 2.05) is 13.8 Å². The number of anilines is 1. The number of nitrogens with zero attached hydrogens (tertiary/aromatic N) is 1. The predicted molar refractivity (Wildman–Crippen MR) is 65.5 cm³/mol. The van der Waals surface area contributed by atoms with Gasteiger partial charge in [0.1, 0.15) is 10.7 Å². The summed E-state index contributed by atoms with van der Waals surface area (Å²) in [7, 11) is -2.38. The van der Waals surface area contributed by atoms with Gasteiger partial charge in [0.15, 0.2) is 0 Å². The van der Waals surface area contributed by atoms with Crippen molar-refractivity contribution in [2.75, 3.05) is 19.3 Å². The molecule has 0 spiro atoms. The van der Waals surface area contributed by atoms with Crippen LogP contribution in [0.2, 0.25) is 0 Å². The lowest BCUT2D eigenvalue weighted by Gasteiger charge is -2.19. The first-order valence-electron chi connectivity index (χ1n) is 5.26. The monoisotopic (exact) mass is 260 g/mol. The van der Waals surface area contributed by atoms with Crippen molar-refractivity contribution in [1.29, 1.82) is 0 Å². The molecule has 1 aromatic carbocycles. The molecule has 4 nitrogen and oxygen atoms in total. The molecule has 0 saturated heterocycles. The van der Waals surface area contributed by atoms with Crippen molar-refractivity contribution >= 4 is 15.7 Å². The molecule has 0 heterocycles. The molecule has 6 heteroatoms. The van der Waals surface area contributed by atoms with E-state index in [-0.39, 0.29) is 16.5 Å². The summed E-state index contributed by atoms with van der Waals surface area (Å²) in [4.78, 5) is -0.374. The van der Waals surface area contributed by atoms with Crippen LogP contribution in [0, 0.1) is 11.7 Å². The van der Waals surface area contributed by atoms with E-state index in [2.05, 4.69) is 0 Å². The summed E-state index contributed by atoms with van der Waals surface area (Å²) in [6, 6.07) is 3.53. The van der Waals surface area contributed by atoms with E-state index in [9.17, 15) is 12.8 Å². The largest absolute Gasteiger partial charge is 0.399 e. The number of nitrogens with two attached hydrogens (primary N) is 1. The lowest BCUT2D eigenvalue weighted by molar-refractivity contribution is 0.414. The molecule has 0 aliphatic carbocycles. The van der Waals surface area contributed by atoms with Crippen molar-refractivity contribution in [3.63, 3.8) is 0 Å². The minimum Gasteiger partial charge on any atom is -0.399 e. The molecule has 0 saturated carbocycles. The third-order valence-electron chi connectivity index (χ3n) is 2.27. The quantitative estimate of drug-likeness (QED) is 0.838. The van der Waals surface area contributed by atoms with Crippen LogP contribution < -0.4 is 5.73 Å². The highest BCUT2D eigenvalue weighted by molar-refractivity contribution is 7.89. The highest BCUT2D eigenvalue weighted by atomic mass is 32.2. The molecule has 0 aliphatic heterocycles. The molecule has 1 aromatic rings. The van der Waals surface area contributed by atoms with E-state index < -0.39 is 15.8 Å². The van der Waals surface area contributed by atoms with Crippen molar-refractivity contribution in [1.82, 2.24) is 4.31 Å². The van der Waals surface area contributed by atoms with Crippen LogP contribution in [0.25, 0.3) is 0 Å². The van der Waals surface area contributed by atoms with Gasteiger partial charge in [0.25, 0.3) is 0 Å². The predicted octanol–water partition coefficient (Wildman–Crippen LogP) is 1.68. The molecule has 1 rings (SSSR count). The van der Waals surface area contributed by atoms with Crippen LogP contribution in [0.4, 0.5) is 10.1 Å². The summed E-state index contributed by atoms with van der Waals surface area (Å²) in [5.41, 5.74) is 5.70. The van der Waals surface area contributed by atoms with Crippen molar-refractivity contribution in [3.05, 3.63) is 24.0 Å². The van der Waals surface area contributed by atoms with Crippen LogP contribution in [-0.4, -0.2) is 26.3 Å². The zero-order valence-corrected chi connectivity index (χ0v) is 11.0. The number of nitrogen functional groups attached to an aromatic ring is 1. The van der Waals surface area contributed by atoms with Gasteiger partial charge >= 0.3 is 0 Å². The molecule has 17 heavy (non-hydrogen) atoms. The first kappa shape index (κ1) is 13.9. The summed E-state index contributed by atoms with van der Waals surface area (Å²) in [5, 5.41) is 0. The first-order valence-corrected chi connectivity index (χ1v) is 6.70. The number of benzene rings is 1. The molecule has 0 aliphatic rings. The maximum absolute atomic E-state index is 13.5. The number of hydrogen-bond acceptors (Lipinski definition) is 3. The summed E-state index contributed by atoms with van der Waals surface area (Å²) in [6.07, 6.45) is 0. The van der Waals surface area contributed by atoms with Gasteiger partial charge in [-0.3, -0.25) is 0 Å². The fourth-order valence-electron chi connectivity index (χ4n) is 1.50. The van der Waals surface area contributed by atoms with Gasteiger partial charge in [-0.25, -0.2) is 17.1 Å². The van der Waals surface area contributed by atoms with E-state index in [0.717, 1.165) is 16.4 Å². The minimum atomic E-state index is -3.81. The summed E-state index contributed by atoms with van der Waals surface area (Å²) < 4.78 is 38.8.